The van der Waals surface area contributed by atoms with Crippen molar-refractivity contribution in [2.24, 2.45) is 23.7 Å². The number of ketones is 1. The number of alkyl halides is 3. The molecule has 0 radical (unpaired) electrons. The van der Waals surface area contributed by atoms with Crippen LogP contribution in [0.5, 0.6) is 0 Å². The summed E-state index contributed by atoms with van der Waals surface area (Å²) in [5.41, 5.74) is -0.642. The zero-order chi connectivity index (χ0) is 25.9. The number of hydrogen-bond donors (Lipinski definition) is 0. The molecule has 2 aromatic carbocycles. The van der Waals surface area contributed by atoms with E-state index in [1.54, 1.807) is 12.1 Å². The summed E-state index contributed by atoms with van der Waals surface area (Å²) in [5, 5.41) is 0. The van der Waals surface area contributed by atoms with Gasteiger partial charge in [-0.15, -0.1) is 0 Å². The molecule has 0 atom stereocenters. The van der Waals surface area contributed by atoms with Crippen molar-refractivity contribution in [3.63, 3.8) is 0 Å². The van der Waals surface area contributed by atoms with Gasteiger partial charge >= 0.3 is 6.18 Å². The van der Waals surface area contributed by atoms with Gasteiger partial charge in [0, 0.05) is 17.5 Å². The molecule has 2 aliphatic carbocycles. The molecule has 0 saturated heterocycles. The van der Waals surface area contributed by atoms with Crippen LogP contribution in [0.25, 0.3) is 11.1 Å². The van der Waals surface area contributed by atoms with Gasteiger partial charge in [-0.3, -0.25) is 4.79 Å². The Balaban J connectivity index is 1.47. The fourth-order valence-electron chi connectivity index (χ4n) is 6.44. The van der Waals surface area contributed by atoms with E-state index in [-0.39, 0.29) is 17.9 Å². The molecule has 4 rings (SSSR count). The molecule has 0 bridgehead atoms. The summed E-state index contributed by atoms with van der Waals surface area (Å²) in [6.45, 7) is 4.36. The topological polar surface area (TPSA) is 17.1 Å². The highest BCUT2D eigenvalue weighted by molar-refractivity contribution is 5.98. The van der Waals surface area contributed by atoms with Crippen LogP contribution in [0.2, 0.25) is 0 Å². The number of halogens is 4. The molecule has 1 nitrogen and oxygen atoms in total. The SMILES string of the molecule is CCCc1ccc(-c2ccc(C(=O)CC3CCC(C4CCC(C)CC4)CC3)c(C(F)(F)F)c2F)cc1. The predicted octanol–water partition coefficient (Wildman–Crippen LogP) is 9.67. The van der Waals surface area contributed by atoms with Crippen molar-refractivity contribution >= 4 is 5.78 Å². The summed E-state index contributed by atoms with van der Waals surface area (Å²) < 4.78 is 57.3. The Morgan fingerprint density at radius 1 is 0.861 bits per heavy atom. The van der Waals surface area contributed by atoms with Crippen LogP contribution in [0.1, 0.15) is 99.5 Å². The minimum atomic E-state index is -4.94. The second-order valence-corrected chi connectivity index (χ2v) is 11.2. The Morgan fingerprint density at radius 3 is 2.00 bits per heavy atom. The van der Waals surface area contributed by atoms with E-state index in [1.807, 2.05) is 19.1 Å². The van der Waals surface area contributed by atoms with Crippen LogP contribution in [0.3, 0.4) is 0 Å². The van der Waals surface area contributed by atoms with Crippen molar-refractivity contribution in [1.29, 1.82) is 0 Å². The van der Waals surface area contributed by atoms with E-state index < -0.39 is 28.9 Å². The minimum Gasteiger partial charge on any atom is -0.294 e. The Morgan fingerprint density at radius 2 is 1.44 bits per heavy atom. The molecular weight excluding hydrogens is 464 g/mol. The number of rotatable bonds is 7. The molecule has 0 amide bonds. The van der Waals surface area contributed by atoms with Crippen molar-refractivity contribution in [1.82, 2.24) is 0 Å². The number of aryl methyl sites for hydroxylation is 1. The van der Waals surface area contributed by atoms with Gasteiger partial charge in [0.05, 0.1) is 0 Å². The van der Waals surface area contributed by atoms with E-state index in [0.29, 0.717) is 11.5 Å². The fourth-order valence-corrected chi connectivity index (χ4v) is 6.44. The molecule has 5 heteroatoms. The van der Waals surface area contributed by atoms with Crippen LogP contribution in [-0.2, 0) is 12.6 Å². The minimum absolute atomic E-state index is 0.0575. The number of hydrogen-bond acceptors (Lipinski definition) is 1. The number of carbonyl (C=O) groups excluding carboxylic acids is 1. The summed E-state index contributed by atoms with van der Waals surface area (Å²) in [6.07, 6.45) is 5.87. The molecule has 2 fully saturated rings. The zero-order valence-corrected chi connectivity index (χ0v) is 21.5. The molecule has 0 unspecified atom stereocenters. The lowest BCUT2D eigenvalue weighted by Gasteiger charge is -2.37. The Bertz CT molecular complexity index is 1020. The summed E-state index contributed by atoms with van der Waals surface area (Å²) >= 11 is 0. The molecule has 2 saturated carbocycles. The van der Waals surface area contributed by atoms with E-state index in [9.17, 15) is 18.0 Å². The van der Waals surface area contributed by atoms with Crippen molar-refractivity contribution in [3.05, 3.63) is 58.9 Å². The number of carbonyl (C=O) groups is 1. The molecule has 0 N–H and O–H groups in total. The highest BCUT2D eigenvalue weighted by Gasteiger charge is 2.40. The molecule has 36 heavy (non-hydrogen) atoms. The fraction of sp³-hybridized carbons (Fsp3) is 0.581. The van der Waals surface area contributed by atoms with Crippen molar-refractivity contribution < 1.29 is 22.4 Å². The van der Waals surface area contributed by atoms with Gasteiger partial charge in [0.15, 0.2) is 5.78 Å². The van der Waals surface area contributed by atoms with Crippen LogP contribution < -0.4 is 0 Å². The highest BCUT2D eigenvalue weighted by atomic mass is 19.4. The Hall–Kier alpha value is -2.17. The monoisotopic (exact) mass is 502 g/mol. The third-order valence-corrected chi connectivity index (χ3v) is 8.62. The summed E-state index contributed by atoms with van der Waals surface area (Å²) in [7, 11) is 0. The van der Waals surface area contributed by atoms with E-state index in [0.717, 1.165) is 55.9 Å². The Labute approximate surface area is 212 Å². The first-order valence-electron chi connectivity index (χ1n) is 13.7. The highest BCUT2D eigenvalue weighted by Crippen LogP contribution is 2.43. The summed E-state index contributed by atoms with van der Waals surface area (Å²) in [5.74, 6) is 0.367. The van der Waals surface area contributed by atoms with Crippen molar-refractivity contribution in [3.8, 4) is 11.1 Å². The van der Waals surface area contributed by atoms with Crippen LogP contribution in [-0.4, -0.2) is 5.78 Å². The lowest BCUT2D eigenvalue weighted by atomic mass is 9.69. The van der Waals surface area contributed by atoms with E-state index >= 15 is 4.39 Å². The zero-order valence-electron chi connectivity index (χ0n) is 21.5. The smallest absolute Gasteiger partial charge is 0.294 e. The van der Waals surface area contributed by atoms with Crippen LogP contribution in [0.4, 0.5) is 17.6 Å². The average molecular weight is 503 g/mol. The van der Waals surface area contributed by atoms with Gasteiger partial charge in [0.25, 0.3) is 0 Å². The molecule has 0 heterocycles. The maximum Gasteiger partial charge on any atom is 0.419 e. The van der Waals surface area contributed by atoms with Gasteiger partial charge in [-0.1, -0.05) is 63.4 Å². The van der Waals surface area contributed by atoms with Crippen LogP contribution in [0.15, 0.2) is 36.4 Å². The first kappa shape index (κ1) is 26.9. The summed E-state index contributed by atoms with van der Waals surface area (Å²) in [6, 6.07) is 9.43. The third-order valence-electron chi connectivity index (χ3n) is 8.62. The second kappa shape index (κ2) is 11.5. The van der Waals surface area contributed by atoms with Gasteiger partial charge in [0.2, 0.25) is 0 Å². The van der Waals surface area contributed by atoms with Crippen LogP contribution >= 0.6 is 0 Å². The molecule has 0 aromatic heterocycles. The van der Waals surface area contributed by atoms with Crippen molar-refractivity contribution in [2.45, 2.75) is 90.7 Å². The van der Waals surface area contributed by atoms with Crippen molar-refractivity contribution in [2.75, 3.05) is 0 Å². The van der Waals surface area contributed by atoms with Gasteiger partial charge < -0.3 is 0 Å². The van der Waals surface area contributed by atoms with E-state index in [2.05, 4.69) is 6.92 Å². The lowest BCUT2D eigenvalue weighted by molar-refractivity contribution is -0.140. The third kappa shape index (κ3) is 6.20. The maximum absolute atomic E-state index is 15.3. The van der Waals surface area contributed by atoms with E-state index in [1.165, 1.54) is 37.8 Å². The Kier molecular flexibility index (Phi) is 8.57. The normalized spacial score (nSPS) is 25.1. The van der Waals surface area contributed by atoms with Gasteiger partial charge in [-0.25, -0.2) is 4.39 Å². The van der Waals surface area contributed by atoms with Gasteiger partial charge in [0.1, 0.15) is 11.4 Å². The molecular formula is C31H38F4O. The van der Waals surface area contributed by atoms with Crippen LogP contribution in [0, 0.1) is 29.5 Å². The standard InChI is InChI=1S/C31H38F4O/c1-3-4-21-7-15-25(16-8-21)26-17-18-27(29(30(26)32)31(33,34)35)28(36)19-22-9-13-24(14-10-22)23-11-5-20(2)6-12-23/h7-8,15-18,20,22-24H,3-6,9-14,19H2,1-2H3. The molecule has 2 aromatic rings. The number of Topliss-reactive ketones (excluding diaryl/α,β-unsaturated/α-hetero) is 1. The molecule has 2 aliphatic rings. The van der Waals surface area contributed by atoms with E-state index in [4.69, 9.17) is 0 Å². The largest absolute Gasteiger partial charge is 0.419 e. The second-order valence-electron chi connectivity index (χ2n) is 11.2. The number of benzene rings is 2. The maximum atomic E-state index is 15.3. The molecule has 0 aliphatic heterocycles. The van der Waals surface area contributed by atoms with Gasteiger partial charge in [-0.2, -0.15) is 13.2 Å². The van der Waals surface area contributed by atoms with Gasteiger partial charge in [-0.05, 0) is 85.8 Å². The average Bonchev–Trinajstić information content (AvgIpc) is 2.85. The first-order valence-corrected chi connectivity index (χ1v) is 13.7. The predicted molar refractivity (Wildman–Crippen MR) is 136 cm³/mol. The molecule has 0 spiro atoms. The lowest BCUT2D eigenvalue weighted by Crippen LogP contribution is -2.26. The molecule has 196 valence electrons. The quantitative estimate of drug-likeness (QED) is 0.272. The first-order chi connectivity index (χ1) is 17.2. The summed E-state index contributed by atoms with van der Waals surface area (Å²) in [4.78, 5) is 13.0.